The van der Waals surface area contributed by atoms with Crippen molar-refractivity contribution < 1.29 is 13.2 Å². The summed E-state index contributed by atoms with van der Waals surface area (Å²) in [5.74, 6) is -0.723. The Morgan fingerprint density at radius 1 is 1.13 bits per heavy atom. The summed E-state index contributed by atoms with van der Waals surface area (Å²) >= 11 is 0. The van der Waals surface area contributed by atoms with Crippen molar-refractivity contribution in [2.45, 2.75) is 6.42 Å². The summed E-state index contributed by atoms with van der Waals surface area (Å²) in [6, 6.07) is 14.9. The molecule has 2 aromatic rings. The summed E-state index contributed by atoms with van der Waals surface area (Å²) in [6.07, 6.45) is 0.613. The maximum Gasteiger partial charge on any atom is 0.326 e. The minimum Gasteiger partial charge on any atom is -0.268 e. The fourth-order valence-electron chi connectivity index (χ4n) is 2.48. The summed E-state index contributed by atoms with van der Waals surface area (Å²) in [7, 11) is -3.97. The van der Waals surface area contributed by atoms with Crippen LogP contribution in [0.3, 0.4) is 0 Å². The van der Waals surface area contributed by atoms with Gasteiger partial charge in [-0.25, -0.2) is 4.72 Å². The number of anilines is 1. The first kappa shape index (κ1) is 15.1. The number of para-hydroxylation sites is 1. The molecule has 2 aromatic carbocycles. The van der Waals surface area contributed by atoms with Crippen LogP contribution in [-0.2, 0) is 16.6 Å². The number of hydrogen-bond donors (Lipinski definition) is 1. The van der Waals surface area contributed by atoms with E-state index in [1.807, 2.05) is 18.2 Å². The molecule has 0 fully saturated rings. The molecule has 1 heterocycles. The van der Waals surface area contributed by atoms with Gasteiger partial charge in [-0.05, 0) is 42.3 Å². The number of fused-ring (bicyclic) bond motifs is 1. The third-order valence-electron chi connectivity index (χ3n) is 3.63. The van der Waals surface area contributed by atoms with Crippen molar-refractivity contribution in [3.63, 3.8) is 0 Å². The van der Waals surface area contributed by atoms with Gasteiger partial charge in [0.25, 0.3) is 5.91 Å². The molecule has 0 unspecified atom stereocenters. The normalized spacial score (nSPS) is 13.3. The zero-order valence-electron chi connectivity index (χ0n) is 12.1. The first-order valence-electron chi connectivity index (χ1n) is 6.94. The third-order valence-corrected chi connectivity index (χ3v) is 5.04. The number of nitrogens with one attached hydrogen (secondary N) is 1. The largest absolute Gasteiger partial charge is 0.326 e. The Kier molecular flexibility index (Phi) is 3.76. The summed E-state index contributed by atoms with van der Waals surface area (Å²) in [4.78, 5) is 12.1. The van der Waals surface area contributed by atoms with E-state index in [2.05, 4.69) is 4.72 Å². The molecule has 7 heteroatoms. The quantitative estimate of drug-likeness (QED) is 0.927. The standard InChI is InChI=1S/C16H13N3O3S/c17-11-12-5-7-14(8-6-12)16(20)18-23(21,22)19-10-9-13-3-1-2-4-15(13)19/h1-8H,9-10H2,(H,18,20). The van der Waals surface area contributed by atoms with Gasteiger partial charge in [0.2, 0.25) is 0 Å². The predicted octanol–water partition coefficient (Wildman–Crippen LogP) is 1.60. The van der Waals surface area contributed by atoms with Crippen LogP contribution in [0.2, 0.25) is 0 Å². The van der Waals surface area contributed by atoms with Crippen molar-refractivity contribution in [3.8, 4) is 6.07 Å². The minimum absolute atomic E-state index is 0.181. The first-order chi connectivity index (χ1) is 11.0. The van der Waals surface area contributed by atoms with Gasteiger partial charge in [0.05, 0.1) is 17.3 Å². The van der Waals surface area contributed by atoms with Crippen LogP contribution in [0.4, 0.5) is 5.69 Å². The Bertz CT molecular complexity index is 899. The molecule has 0 spiro atoms. The van der Waals surface area contributed by atoms with E-state index in [-0.39, 0.29) is 5.56 Å². The van der Waals surface area contributed by atoms with Crippen molar-refractivity contribution >= 4 is 21.8 Å². The van der Waals surface area contributed by atoms with E-state index in [4.69, 9.17) is 5.26 Å². The predicted molar refractivity (Wildman–Crippen MR) is 85.0 cm³/mol. The Labute approximate surface area is 134 Å². The lowest BCUT2D eigenvalue weighted by Crippen LogP contribution is -2.42. The molecule has 23 heavy (non-hydrogen) atoms. The number of carbonyl (C=O) groups excluding carboxylic acids is 1. The van der Waals surface area contributed by atoms with Crippen LogP contribution in [0.15, 0.2) is 48.5 Å². The lowest BCUT2D eigenvalue weighted by atomic mass is 10.1. The van der Waals surface area contributed by atoms with Crippen molar-refractivity contribution in [2.75, 3.05) is 10.8 Å². The van der Waals surface area contributed by atoms with E-state index < -0.39 is 16.1 Å². The van der Waals surface area contributed by atoms with Crippen LogP contribution in [-0.4, -0.2) is 20.9 Å². The minimum atomic E-state index is -3.97. The van der Waals surface area contributed by atoms with E-state index in [1.165, 1.54) is 28.6 Å². The van der Waals surface area contributed by atoms with E-state index in [0.29, 0.717) is 24.2 Å². The first-order valence-corrected chi connectivity index (χ1v) is 8.38. The zero-order valence-corrected chi connectivity index (χ0v) is 12.9. The lowest BCUT2D eigenvalue weighted by Gasteiger charge is -2.19. The third kappa shape index (κ3) is 2.89. The topological polar surface area (TPSA) is 90.3 Å². The van der Waals surface area contributed by atoms with E-state index in [1.54, 1.807) is 12.1 Å². The fraction of sp³-hybridized carbons (Fsp3) is 0.125. The van der Waals surface area contributed by atoms with Gasteiger partial charge >= 0.3 is 10.2 Å². The van der Waals surface area contributed by atoms with Crippen LogP contribution in [0, 0.1) is 11.3 Å². The summed E-state index contributed by atoms with van der Waals surface area (Å²) in [6.45, 7) is 0.301. The van der Waals surface area contributed by atoms with Gasteiger partial charge in [0.15, 0.2) is 0 Å². The fourth-order valence-corrected chi connectivity index (χ4v) is 3.72. The molecule has 0 aromatic heterocycles. The van der Waals surface area contributed by atoms with Crippen molar-refractivity contribution in [2.24, 2.45) is 0 Å². The highest BCUT2D eigenvalue weighted by Crippen LogP contribution is 2.29. The van der Waals surface area contributed by atoms with Crippen molar-refractivity contribution in [1.29, 1.82) is 5.26 Å². The molecule has 0 radical (unpaired) electrons. The van der Waals surface area contributed by atoms with E-state index >= 15 is 0 Å². The highest BCUT2D eigenvalue weighted by Gasteiger charge is 2.30. The molecule has 1 N–H and O–H groups in total. The molecule has 6 nitrogen and oxygen atoms in total. The Morgan fingerprint density at radius 3 is 2.52 bits per heavy atom. The van der Waals surface area contributed by atoms with Gasteiger partial charge in [-0.3, -0.25) is 9.10 Å². The van der Waals surface area contributed by atoms with Gasteiger partial charge in [-0.1, -0.05) is 18.2 Å². The number of nitrogens with zero attached hydrogens (tertiary/aromatic N) is 2. The molecule has 0 bridgehead atoms. The number of carbonyl (C=O) groups is 1. The molecule has 1 aliphatic rings. The van der Waals surface area contributed by atoms with Crippen LogP contribution >= 0.6 is 0 Å². The van der Waals surface area contributed by atoms with Gasteiger partial charge in [-0.15, -0.1) is 0 Å². The van der Waals surface area contributed by atoms with Crippen molar-refractivity contribution in [3.05, 3.63) is 65.2 Å². The maximum absolute atomic E-state index is 12.4. The monoisotopic (exact) mass is 327 g/mol. The van der Waals surface area contributed by atoms with Gasteiger partial charge < -0.3 is 0 Å². The summed E-state index contributed by atoms with van der Waals surface area (Å²) < 4.78 is 28.2. The Hall–Kier alpha value is -2.85. The number of rotatable bonds is 3. The molecule has 0 aliphatic carbocycles. The smallest absolute Gasteiger partial charge is 0.268 e. The molecule has 3 rings (SSSR count). The van der Waals surface area contributed by atoms with E-state index in [9.17, 15) is 13.2 Å². The SMILES string of the molecule is N#Cc1ccc(C(=O)NS(=O)(=O)N2CCc3ccccc32)cc1. The van der Waals surface area contributed by atoms with Crippen LogP contribution in [0.25, 0.3) is 0 Å². The summed E-state index contributed by atoms with van der Waals surface area (Å²) in [5.41, 5.74) is 2.11. The molecule has 0 saturated heterocycles. The van der Waals surface area contributed by atoms with E-state index in [0.717, 1.165) is 5.56 Å². The lowest BCUT2D eigenvalue weighted by molar-refractivity contribution is 0.0981. The maximum atomic E-state index is 12.4. The zero-order chi connectivity index (χ0) is 16.4. The van der Waals surface area contributed by atoms with Crippen molar-refractivity contribution in [1.82, 2.24) is 4.72 Å². The molecule has 116 valence electrons. The number of nitriles is 1. The number of benzene rings is 2. The summed E-state index contributed by atoms with van der Waals surface area (Å²) in [5, 5.41) is 8.74. The second-order valence-corrected chi connectivity index (χ2v) is 6.67. The number of hydrogen-bond acceptors (Lipinski definition) is 4. The molecular formula is C16H13N3O3S. The molecule has 1 aliphatic heterocycles. The number of amides is 1. The Morgan fingerprint density at radius 2 is 1.83 bits per heavy atom. The van der Waals surface area contributed by atoms with Crippen LogP contribution in [0.5, 0.6) is 0 Å². The van der Waals surface area contributed by atoms with Crippen LogP contribution < -0.4 is 9.03 Å². The van der Waals surface area contributed by atoms with Gasteiger partial charge in [0.1, 0.15) is 0 Å². The molecule has 1 amide bonds. The molecular weight excluding hydrogens is 314 g/mol. The van der Waals surface area contributed by atoms with Gasteiger partial charge in [-0.2, -0.15) is 13.7 Å². The highest BCUT2D eigenvalue weighted by molar-refractivity contribution is 7.91. The second-order valence-electron chi connectivity index (χ2n) is 5.08. The van der Waals surface area contributed by atoms with Crippen LogP contribution in [0.1, 0.15) is 21.5 Å². The average Bonchev–Trinajstić information content (AvgIpc) is 2.99. The molecule has 0 saturated carbocycles. The Balaban J connectivity index is 1.81. The average molecular weight is 327 g/mol. The second kappa shape index (κ2) is 5.74. The highest BCUT2D eigenvalue weighted by atomic mass is 32.2. The molecule has 0 atom stereocenters. The van der Waals surface area contributed by atoms with Gasteiger partial charge in [0, 0.05) is 12.1 Å².